The Morgan fingerprint density at radius 1 is 0.976 bits per heavy atom. The first-order chi connectivity index (χ1) is 19.1. The highest BCUT2D eigenvalue weighted by atomic mass is 35.5. The van der Waals surface area contributed by atoms with Crippen LogP contribution in [0.2, 0.25) is 5.02 Å². The van der Waals surface area contributed by atoms with Crippen LogP contribution in [-0.2, 0) is 26.2 Å². The van der Waals surface area contributed by atoms with E-state index in [2.05, 4.69) is 5.32 Å². The molecule has 0 fully saturated rings. The summed E-state index contributed by atoms with van der Waals surface area (Å²) in [6.45, 7) is 10.3. The second-order valence-electron chi connectivity index (χ2n) is 11.1. The van der Waals surface area contributed by atoms with E-state index in [0.29, 0.717) is 16.1 Å². The summed E-state index contributed by atoms with van der Waals surface area (Å²) in [6.07, 6.45) is 0.277. The zero-order chi connectivity index (χ0) is 30.5. The summed E-state index contributed by atoms with van der Waals surface area (Å²) in [5, 5.41) is 3.35. The van der Waals surface area contributed by atoms with Crippen molar-refractivity contribution in [2.24, 2.45) is 0 Å². The quantitative estimate of drug-likeness (QED) is 0.308. The molecule has 0 spiro atoms. The minimum Gasteiger partial charge on any atom is -0.350 e. The maximum atomic E-state index is 14.1. The minimum atomic E-state index is -4.20. The molecule has 0 aliphatic carbocycles. The van der Waals surface area contributed by atoms with Crippen LogP contribution in [0.25, 0.3) is 0 Å². The number of hydrogen-bond donors (Lipinski definition) is 1. The van der Waals surface area contributed by atoms with E-state index in [9.17, 15) is 22.4 Å². The molecule has 7 nitrogen and oxygen atoms in total. The number of halogens is 2. The van der Waals surface area contributed by atoms with Crippen LogP contribution in [0, 0.1) is 19.7 Å². The third kappa shape index (κ3) is 8.30. The Kier molecular flexibility index (Phi) is 10.2. The van der Waals surface area contributed by atoms with Gasteiger partial charge in [0, 0.05) is 17.1 Å². The van der Waals surface area contributed by atoms with Gasteiger partial charge in [-0.15, -0.1) is 0 Å². The highest BCUT2D eigenvalue weighted by Crippen LogP contribution is 2.30. The smallest absolute Gasteiger partial charge is 0.264 e. The fraction of sp³-hybridized carbons (Fsp3) is 0.355. The molecule has 0 aromatic heterocycles. The van der Waals surface area contributed by atoms with Crippen LogP contribution < -0.4 is 9.62 Å². The number of anilines is 1. The summed E-state index contributed by atoms with van der Waals surface area (Å²) >= 11 is 6.16. The third-order valence-electron chi connectivity index (χ3n) is 6.47. The molecule has 10 heteroatoms. The molecule has 0 unspecified atom stereocenters. The predicted molar refractivity (Wildman–Crippen MR) is 161 cm³/mol. The molecule has 0 aliphatic rings. The largest absolute Gasteiger partial charge is 0.350 e. The number of aryl methyl sites for hydroxylation is 2. The Labute approximate surface area is 247 Å². The molecule has 0 aliphatic heterocycles. The Hall–Kier alpha value is -3.43. The number of nitrogens with zero attached hydrogens (tertiary/aromatic N) is 2. The molecule has 3 rings (SSSR count). The first kappa shape index (κ1) is 32.1. The van der Waals surface area contributed by atoms with Gasteiger partial charge in [-0.3, -0.25) is 13.9 Å². The highest BCUT2D eigenvalue weighted by Gasteiger charge is 2.35. The SMILES string of the molecule is CC[C@@H](C(=O)NC(C)(C)C)N(Cc1ccc(F)cc1)C(=O)CN(c1ccc(Cl)cc1C)S(=O)(=O)c1ccc(C)cc1. The van der Waals surface area contributed by atoms with Gasteiger partial charge in [-0.25, -0.2) is 12.8 Å². The molecule has 220 valence electrons. The van der Waals surface area contributed by atoms with Crippen LogP contribution in [0.15, 0.2) is 71.6 Å². The van der Waals surface area contributed by atoms with Crippen molar-refractivity contribution in [1.82, 2.24) is 10.2 Å². The second-order valence-corrected chi connectivity index (χ2v) is 13.4. The first-order valence-corrected chi connectivity index (χ1v) is 15.2. The monoisotopic (exact) mass is 601 g/mol. The second kappa shape index (κ2) is 13.0. The Morgan fingerprint density at radius 2 is 1.59 bits per heavy atom. The van der Waals surface area contributed by atoms with Gasteiger partial charge >= 0.3 is 0 Å². The summed E-state index contributed by atoms with van der Waals surface area (Å²) < 4.78 is 42.7. The average Bonchev–Trinajstić information content (AvgIpc) is 2.87. The van der Waals surface area contributed by atoms with Crippen molar-refractivity contribution in [3.63, 3.8) is 0 Å². The summed E-state index contributed by atoms with van der Waals surface area (Å²) in [6, 6.07) is 15.8. The molecule has 0 saturated heterocycles. The molecule has 0 radical (unpaired) electrons. The molecule has 3 aromatic carbocycles. The third-order valence-corrected chi connectivity index (χ3v) is 8.47. The fourth-order valence-electron chi connectivity index (χ4n) is 4.41. The molecule has 2 amide bonds. The first-order valence-electron chi connectivity index (χ1n) is 13.3. The highest BCUT2D eigenvalue weighted by molar-refractivity contribution is 7.92. The number of hydrogen-bond acceptors (Lipinski definition) is 4. The van der Waals surface area contributed by atoms with Crippen molar-refractivity contribution < 1.29 is 22.4 Å². The normalized spacial score (nSPS) is 12.5. The number of sulfonamides is 1. The van der Waals surface area contributed by atoms with Crippen molar-refractivity contribution >= 4 is 39.1 Å². The standard InChI is InChI=1S/C31H37ClFN3O4S/c1-7-27(30(38)34-31(4,5)6)35(19-23-10-13-25(33)14-11-23)29(37)20-36(28-17-12-24(32)18-22(28)3)41(39,40)26-15-8-21(2)9-16-26/h8-18,27H,7,19-20H2,1-6H3,(H,34,38)/t27-/m0/s1. The van der Waals surface area contributed by atoms with Crippen LogP contribution in [0.1, 0.15) is 50.8 Å². The molecule has 0 bridgehead atoms. The lowest BCUT2D eigenvalue weighted by atomic mass is 10.1. The number of carbonyl (C=O) groups excluding carboxylic acids is 2. The fourth-order valence-corrected chi connectivity index (χ4v) is 6.11. The number of benzene rings is 3. The Bertz CT molecular complexity index is 1490. The van der Waals surface area contributed by atoms with Crippen LogP contribution >= 0.6 is 11.6 Å². The molecular formula is C31H37ClFN3O4S. The number of carbonyl (C=O) groups is 2. The van der Waals surface area contributed by atoms with E-state index in [0.717, 1.165) is 9.87 Å². The van der Waals surface area contributed by atoms with Crippen molar-refractivity contribution in [2.45, 2.75) is 71.0 Å². The van der Waals surface area contributed by atoms with Crippen molar-refractivity contribution in [3.8, 4) is 0 Å². The van der Waals surface area contributed by atoms with E-state index in [1.807, 2.05) is 27.7 Å². The van der Waals surface area contributed by atoms with Gasteiger partial charge in [0.15, 0.2) is 0 Å². The van der Waals surface area contributed by atoms with Gasteiger partial charge < -0.3 is 10.2 Å². The van der Waals surface area contributed by atoms with E-state index in [-0.39, 0.29) is 29.5 Å². The lowest BCUT2D eigenvalue weighted by Gasteiger charge is -2.35. The Balaban J connectivity index is 2.10. The van der Waals surface area contributed by atoms with Crippen molar-refractivity contribution in [1.29, 1.82) is 0 Å². The molecular weight excluding hydrogens is 565 g/mol. The molecule has 1 N–H and O–H groups in total. The van der Waals surface area contributed by atoms with Crippen molar-refractivity contribution in [3.05, 3.63) is 94.3 Å². The summed E-state index contributed by atoms with van der Waals surface area (Å²) in [5.74, 6) is -1.39. The maximum Gasteiger partial charge on any atom is 0.264 e. The van der Waals surface area contributed by atoms with Crippen molar-refractivity contribution in [2.75, 3.05) is 10.8 Å². The van der Waals surface area contributed by atoms with Gasteiger partial charge in [0.05, 0.1) is 10.6 Å². The summed E-state index contributed by atoms with van der Waals surface area (Å²) in [5.41, 5.74) is 1.77. The van der Waals surface area contributed by atoms with E-state index >= 15 is 0 Å². The number of rotatable bonds is 10. The van der Waals surface area contributed by atoms with E-state index in [1.165, 1.54) is 41.3 Å². The summed E-state index contributed by atoms with van der Waals surface area (Å²) in [4.78, 5) is 28.9. The average molecular weight is 602 g/mol. The minimum absolute atomic E-state index is 0.0206. The van der Waals surface area contributed by atoms with Crippen LogP contribution in [-0.4, -0.2) is 43.3 Å². The van der Waals surface area contributed by atoms with Gasteiger partial charge in [-0.05, 0) is 94.6 Å². The van der Waals surface area contributed by atoms with Gasteiger partial charge in [0.2, 0.25) is 11.8 Å². The molecule has 3 aromatic rings. The van der Waals surface area contributed by atoms with Gasteiger partial charge in [0.25, 0.3) is 10.0 Å². The van der Waals surface area contributed by atoms with Gasteiger partial charge in [0.1, 0.15) is 18.4 Å². The van der Waals surface area contributed by atoms with Gasteiger partial charge in [-0.1, -0.05) is 48.4 Å². The van der Waals surface area contributed by atoms with E-state index < -0.39 is 39.9 Å². The maximum absolute atomic E-state index is 14.1. The molecule has 1 atom stereocenters. The zero-order valence-corrected chi connectivity index (χ0v) is 25.8. The number of amides is 2. The van der Waals surface area contributed by atoms with E-state index in [4.69, 9.17) is 11.6 Å². The zero-order valence-electron chi connectivity index (χ0n) is 24.2. The van der Waals surface area contributed by atoms with Crippen LogP contribution in [0.5, 0.6) is 0 Å². The summed E-state index contributed by atoms with van der Waals surface area (Å²) in [7, 11) is -4.20. The molecule has 41 heavy (non-hydrogen) atoms. The predicted octanol–water partition coefficient (Wildman–Crippen LogP) is 6.01. The lowest BCUT2D eigenvalue weighted by molar-refractivity contribution is -0.141. The molecule has 0 saturated carbocycles. The van der Waals surface area contributed by atoms with Crippen LogP contribution in [0.4, 0.5) is 10.1 Å². The van der Waals surface area contributed by atoms with Gasteiger partial charge in [-0.2, -0.15) is 0 Å². The molecule has 0 heterocycles. The number of nitrogens with one attached hydrogen (secondary N) is 1. The Morgan fingerprint density at radius 3 is 2.12 bits per heavy atom. The topological polar surface area (TPSA) is 86.8 Å². The van der Waals surface area contributed by atoms with Crippen LogP contribution in [0.3, 0.4) is 0 Å². The lowest BCUT2D eigenvalue weighted by Crippen LogP contribution is -2.55. The van der Waals surface area contributed by atoms with E-state index in [1.54, 1.807) is 44.2 Å².